The second-order valence-corrected chi connectivity index (χ2v) is 11.0. The molecule has 5 rings (SSSR count). The lowest BCUT2D eigenvalue weighted by Gasteiger charge is -2.46. The van der Waals surface area contributed by atoms with Crippen molar-refractivity contribution >= 4 is 29.5 Å². The summed E-state index contributed by atoms with van der Waals surface area (Å²) in [6, 6.07) is 0.229. The van der Waals surface area contributed by atoms with E-state index in [0.29, 0.717) is 30.0 Å². The van der Waals surface area contributed by atoms with Gasteiger partial charge in [-0.25, -0.2) is 4.79 Å². The molecule has 3 N–H and O–H groups in total. The number of aliphatic carboxylic acids is 1. The Morgan fingerprint density at radius 2 is 1.97 bits per heavy atom. The number of carboxylic acid groups (broad SMARTS) is 1. The molecule has 0 aromatic carbocycles. The molecule has 0 radical (unpaired) electrons. The molecule has 10 heteroatoms. The van der Waals surface area contributed by atoms with Gasteiger partial charge in [0.1, 0.15) is 5.70 Å². The number of aliphatic hydroxyl groups excluding tert-OH is 1. The summed E-state index contributed by atoms with van der Waals surface area (Å²) in [7, 11) is 2.11. The summed E-state index contributed by atoms with van der Waals surface area (Å²) in [5.41, 5.74) is 0.0547. The fourth-order valence-corrected chi connectivity index (χ4v) is 7.65. The summed E-state index contributed by atoms with van der Waals surface area (Å²) in [6.07, 6.45) is 0.893. The van der Waals surface area contributed by atoms with Gasteiger partial charge in [-0.1, -0.05) is 6.92 Å². The lowest BCUT2D eigenvalue weighted by atomic mass is 9.79. The molecule has 2 amide bonds. The highest BCUT2D eigenvalue weighted by molar-refractivity contribution is 8.03. The number of nitrogens with zero attached hydrogens (tertiary/aromatic N) is 3. The van der Waals surface area contributed by atoms with E-state index in [1.165, 1.54) is 16.7 Å². The van der Waals surface area contributed by atoms with E-state index in [1.54, 1.807) is 6.92 Å². The smallest absolute Gasteiger partial charge is 0.353 e. The van der Waals surface area contributed by atoms with Gasteiger partial charge in [0.15, 0.2) is 0 Å². The van der Waals surface area contributed by atoms with E-state index in [9.17, 15) is 24.6 Å². The number of piperazine rings is 1. The van der Waals surface area contributed by atoms with Crippen molar-refractivity contribution in [3.8, 4) is 0 Å². The number of nitrogens with one attached hydrogen (secondary N) is 1. The summed E-state index contributed by atoms with van der Waals surface area (Å²) in [6.45, 7) is 5.87. The third kappa shape index (κ3) is 3.13. The van der Waals surface area contributed by atoms with Crippen LogP contribution in [0.3, 0.4) is 0 Å². The molecule has 8 atom stereocenters. The van der Waals surface area contributed by atoms with Crippen LogP contribution in [-0.2, 0) is 14.4 Å². The van der Waals surface area contributed by atoms with Gasteiger partial charge < -0.3 is 25.3 Å². The molecule has 0 saturated carbocycles. The van der Waals surface area contributed by atoms with E-state index in [2.05, 4.69) is 17.3 Å². The standard InChI is InChI=1S/C21H30N4O5S/c1-9-16-15(10(2)26)20(28)25(16)17(21(29)30)18(9)31-13-5-14(22-6-13)19(27)24-8-11-4-12(24)7-23(11)3/h9-16,22,26H,4-8H2,1-3H3,(H,29,30)/t9-,10-,11+,12+,13+,14+,15-,16-/m1/s1. The van der Waals surface area contributed by atoms with E-state index >= 15 is 0 Å². The Bertz CT molecular complexity index is 861. The van der Waals surface area contributed by atoms with Crippen molar-refractivity contribution in [3.05, 3.63) is 10.6 Å². The van der Waals surface area contributed by atoms with Crippen LogP contribution in [0.1, 0.15) is 26.7 Å². The van der Waals surface area contributed by atoms with Gasteiger partial charge in [0, 0.05) is 47.8 Å². The van der Waals surface area contributed by atoms with Crippen molar-refractivity contribution in [1.29, 1.82) is 0 Å². The van der Waals surface area contributed by atoms with Gasteiger partial charge in [-0.05, 0) is 26.8 Å². The van der Waals surface area contributed by atoms with Gasteiger partial charge in [0.25, 0.3) is 0 Å². The number of fused-ring (bicyclic) bond motifs is 3. The Morgan fingerprint density at radius 3 is 2.55 bits per heavy atom. The Morgan fingerprint density at radius 1 is 1.23 bits per heavy atom. The molecule has 0 aromatic rings. The monoisotopic (exact) mass is 450 g/mol. The number of likely N-dealkylation sites (tertiary alicyclic amines) is 2. The number of amides is 2. The highest BCUT2D eigenvalue weighted by Gasteiger charge is 2.60. The van der Waals surface area contributed by atoms with Crippen molar-refractivity contribution < 1.29 is 24.6 Å². The third-order valence-electron chi connectivity index (χ3n) is 7.79. The molecule has 0 aliphatic carbocycles. The minimum Gasteiger partial charge on any atom is -0.477 e. The number of carbonyl (C=O) groups excluding carboxylic acids is 2. The number of carbonyl (C=O) groups is 3. The molecule has 5 aliphatic heterocycles. The second kappa shape index (κ2) is 7.47. The number of β-lactam (4-membered cyclic amide) rings is 1. The van der Waals surface area contributed by atoms with Gasteiger partial charge in [0.2, 0.25) is 11.8 Å². The first-order valence-corrected chi connectivity index (χ1v) is 12.0. The molecule has 170 valence electrons. The summed E-state index contributed by atoms with van der Waals surface area (Å²) in [5.74, 6) is -1.96. The fourth-order valence-electron chi connectivity index (χ4n) is 6.18. The quantitative estimate of drug-likeness (QED) is 0.482. The molecular formula is C21H30N4O5S. The maximum absolute atomic E-state index is 13.1. The van der Waals surface area contributed by atoms with Crippen molar-refractivity contribution in [2.75, 3.05) is 26.7 Å². The van der Waals surface area contributed by atoms with Crippen LogP contribution in [0.15, 0.2) is 10.6 Å². The van der Waals surface area contributed by atoms with E-state index in [4.69, 9.17) is 0 Å². The number of carboxylic acids is 1. The van der Waals surface area contributed by atoms with Crippen LogP contribution in [0.4, 0.5) is 0 Å². The summed E-state index contributed by atoms with van der Waals surface area (Å²) in [5, 5.41) is 23.2. The van der Waals surface area contributed by atoms with Crippen LogP contribution in [0.25, 0.3) is 0 Å². The van der Waals surface area contributed by atoms with Crippen LogP contribution in [-0.4, -0.2) is 105 Å². The zero-order chi connectivity index (χ0) is 22.2. The molecule has 9 nitrogen and oxygen atoms in total. The van der Waals surface area contributed by atoms with Crippen LogP contribution in [0, 0.1) is 11.8 Å². The van der Waals surface area contributed by atoms with Crippen molar-refractivity contribution in [3.63, 3.8) is 0 Å². The normalized spacial score (nSPS) is 40.5. The second-order valence-electron chi connectivity index (χ2n) is 9.68. The topological polar surface area (TPSA) is 113 Å². The maximum atomic E-state index is 13.1. The molecule has 31 heavy (non-hydrogen) atoms. The van der Waals surface area contributed by atoms with Crippen LogP contribution >= 0.6 is 11.8 Å². The van der Waals surface area contributed by atoms with Gasteiger partial charge >= 0.3 is 5.97 Å². The first kappa shape index (κ1) is 21.2. The Kier molecular flexibility index (Phi) is 5.12. The Balaban J connectivity index is 1.27. The minimum atomic E-state index is -1.11. The molecule has 5 heterocycles. The molecule has 2 bridgehead atoms. The number of rotatable bonds is 5. The predicted molar refractivity (Wildman–Crippen MR) is 114 cm³/mol. The fraction of sp³-hybridized carbons (Fsp3) is 0.762. The summed E-state index contributed by atoms with van der Waals surface area (Å²) >= 11 is 1.48. The predicted octanol–water partition coefficient (Wildman–Crippen LogP) is -0.481. The number of thioether (sulfide) groups is 1. The van der Waals surface area contributed by atoms with E-state index in [1.807, 2.05) is 11.8 Å². The van der Waals surface area contributed by atoms with Crippen LogP contribution < -0.4 is 5.32 Å². The lowest BCUT2D eigenvalue weighted by Crippen LogP contribution is -2.63. The number of hydrogen-bond acceptors (Lipinski definition) is 7. The minimum absolute atomic E-state index is 0.0547. The zero-order valence-electron chi connectivity index (χ0n) is 18.0. The van der Waals surface area contributed by atoms with Crippen molar-refractivity contribution in [1.82, 2.24) is 20.0 Å². The first-order chi connectivity index (χ1) is 14.7. The average molecular weight is 451 g/mol. The van der Waals surface area contributed by atoms with Crippen molar-refractivity contribution in [2.24, 2.45) is 11.8 Å². The first-order valence-electron chi connectivity index (χ1n) is 11.1. The number of aliphatic hydroxyl groups is 1. The highest BCUT2D eigenvalue weighted by atomic mass is 32.2. The highest BCUT2D eigenvalue weighted by Crippen LogP contribution is 2.51. The van der Waals surface area contributed by atoms with E-state index < -0.39 is 18.0 Å². The average Bonchev–Trinajstić information content (AvgIpc) is 3.45. The zero-order valence-corrected chi connectivity index (χ0v) is 18.8. The maximum Gasteiger partial charge on any atom is 0.353 e. The molecule has 0 spiro atoms. The lowest BCUT2D eigenvalue weighted by molar-refractivity contribution is -0.163. The van der Waals surface area contributed by atoms with Gasteiger partial charge in [-0.2, -0.15) is 0 Å². The van der Waals surface area contributed by atoms with Crippen LogP contribution in [0.2, 0.25) is 0 Å². The third-order valence-corrected chi connectivity index (χ3v) is 9.30. The largest absolute Gasteiger partial charge is 0.477 e. The molecule has 0 unspecified atom stereocenters. The summed E-state index contributed by atoms with van der Waals surface area (Å²) < 4.78 is 0. The molecule has 4 saturated heterocycles. The molecule has 0 aromatic heterocycles. The Hall–Kier alpha value is -1.62. The van der Waals surface area contributed by atoms with Crippen molar-refractivity contribution in [2.45, 2.75) is 62.2 Å². The number of hydrogen-bond donors (Lipinski definition) is 3. The summed E-state index contributed by atoms with van der Waals surface area (Å²) in [4.78, 5) is 44.0. The molecule has 4 fully saturated rings. The van der Waals surface area contributed by atoms with Gasteiger partial charge in [-0.3, -0.25) is 14.5 Å². The van der Waals surface area contributed by atoms with E-state index in [0.717, 1.165) is 19.5 Å². The van der Waals surface area contributed by atoms with Crippen LogP contribution in [0.5, 0.6) is 0 Å². The molecular weight excluding hydrogens is 420 g/mol. The van der Waals surface area contributed by atoms with E-state index in [-0.39, 0.29) is 40.8 Å². The van der Waals surface area contributed by atoms with Gasteiger partial charge in [-0.15, -0.1) is 11.8 Å². The number of likely N-dealkylation sites (N-methyl/N-ethyl adjacent to an activating group) is 1. The SMILES string of the molecule is C[C@@H](O)[C@H]1C(=O)N2C(C(=O)O)=C(S[C@@H]3CN[C@H](C(=O)N4C[C@@H]5C[C@H]4CN5C)C3)[C@H](C)[C@H]12. The van der Waals surface area contributed by atoms with Gasteiger partial charge in [0.05, 0.1) is 24.1 Å². The Labute approximate surface area is 185 Å². The molecule has 5 aliphatic rings.